The van der Waals surface area contributed by atoms with Crippen LogP contribution in [0.4, 0.5) is 0 Å². The lowest BCUT2D eigenvalue weighted by Gasteiger charge is -2.33. The lowest BCUT2D eigenvalue weighted by atomic mass is 9.94. The van der Waals surface area contributed by atoms with Crippen molar-refractivity contribution in [3.8, 4) is 0 Å². The van der Waals surface area contributed by atoms with E-state index in [4.69, 9.17) is 15.6 Å². The van der Waals surface area contributed by atoms with Gasteiger partial charge in [-0.15, -0.1) is 0 Å². The normalized spacial score (nSPS) is 22.8. The Morgan fingerprint density at radius 2 is 2.08 bits per heavy atom. The summed E-state index contributed by atoms with van der Waals surface area (Å²) < 4.78 is 5.68. The molecule has 0 radical (unpaired) electrons. The van der Waals surface area contributed by atoms with Crippen molar-refractivity contribution in [1.29, 1.82) is 0 Å². The minimum Gasteiger partial charge on any atom is -0.394 e. The first kappa shape index (κ1) is 11.0. The van der Waals surface area contributed by atoms with E-state index >= 15 is 0 Å². The molecule has 0 aromatic carbocycles. The van der Waals surface area contributed by atoms with Gasteiger partial charge in [0.1, 0.15) is 0 Å². The summed E-state index contributed by atoms with van der Waals surface area (Å²) in [5, 5.41) is 9.11. The van der Waals surface area contributed by atoms with Gasteiger partial charge in [0.05, 0.1) is 18.8 Å². The van der Waals surface area contributed by atoms with Crippen molar-refractivity contribution < 1.29 is 9.84 Å². The molecule has 3 nitrogen and oxygen atoms in total. The molecule has 0 heterocycles. The predicted octanol–water partition coefficient (Wildman–Crippen LogP) is 0.900. The fourth-order valence-corrected chi connectivity index (χ4v) is 1.44. The van der Waals surface area contributed by atoms with Gasteiger partial charge in [0.2, 0.25) is 0 Å². The third-order valence-electron chi connectivity index (χ3n) is 2.80. The predicted molar refractivity (Wildman–Crippen MR) is 52.4 cm³/mol. The molecule has 2 atom stereocenters. The van der Waals surface area contributed by atoms with Crippen molar-refractivity contribution in [2.75, 3.05) is 6.61 Å². The van der Waals surface area contributed by atoms with Crippen LogP contribution in [0, 0.1) is 5.92 Å². The first-order valence-electron chi connectivity index (χ1n) is 5.17. The molecule has 0 saturated heterocycles. The second kappa shape index (κ2) is 4.94. The van der Waals surface area contributed by atoms with Crippen molar-refractivity contribution in [1.82, 2.24) is 0 Å². The number of hydrogen-bond acceptors (Lipinski definition) is 3. The van der Waals surface area contributed by atoms with Crippen molar-refractivity contribution in [2.24, 2.45) is 11.7 Å². The Bertz CT molecular complexity index is 146. The molecule has 0 aromatic rings. The van der Waals surface area contributed by atoms with E-state index in [2.05, 4.69) is 13.8 Å². The molecule has 3 heteroatoms. The molecule has 0 spiro atoms. The third-order valence-corrected chi connectivity index (χ3v) is 2.80. The zero-order chi connectivity index (χ0) is 9.84. The van der Waals surface area contributed by atoms with E-state index in [0.29, 0.717) is 12.0 Å². The van der Waals surface area contributed by atoms with Gasteiger partial charge in [0, 0.05) is 6.04 Å². The lowest BCUT2D eigenvalue weighted by Crippen LogP contribution is -2.46. The zero-order valence-electron chi connectivity index (χ0n) is 8.57. The minimum atomic E-state index is -0.176. The van der Waals surface area contributed by atoms with Gasteiger partial charge in [-0.25, -0.2) is 0 Å². The smallest absolute Gasteiger partial charge is 0.0962 e. The Balaban J connectivity index is 2.31. The van der Waals surface area contributed by atoms with E-state index in [1.165, 1.54) is 6.42 Å². The van der Waals surface area contributed by atoms with Crippen LogP contribution in [0.25, 0.3) is 0 Å². The van der Waals surface area contributed by atoms with E-state index in [0.717, 1.165) is 12.8 Å². The molecule has 2 unspecified atom stereocenters. The molecule has 0 aromatic heterocycles. The average molecular weight is 187 g/mol. The molecule has 0 aliphatic heterocycles. The van der Waals surface area contributed by atoms with Crippen LogP contribution in [0.3, 0.4) is 0 Å². The number of aliphatic hydroxyl groups excluding tert-OH is 1. The maximum absolute atomic E-state index is 9.11. The van der Waals surface area contributed by atoms with Crippen LogP contribution in [-0.2, 0) is 4.74 Å². The molecule has 3 N–H and O–H groups in total. The van der Waals surface area contributed by atoms with Gasteiger partial charge in [-0.3, -0.25) is 0 Å². The largest absolute Gasteiger partial charge is 0.394 e. The monoisotopic (exact) mass is 187 g/mol. The van der Waals surface area contributed by atoms with E-state index in [1.807, 2.05) is 0 Å². The number of nitrogens with two attached hydrogens (primary N) is 1. The summed E-state index contributed by atoms with van der Waals surface area (Å²) in [5.41, 5.74) is 5.91. The van der Waals surface area contributed by atoms with E-state index < -0.39 is 0 Å². The third kappa shape index (κ3) is 2.93. The van der Waals surface area contributed by atoms with Gasteiger partial charge in [0.25, 0.3) is 0 Å². The van der Waals surface area contributed by atoms with Crippen molar-refractivity contribution in [3.63, 3.8) is 0 Å². The molecule has 1 aliphatic rings. The highest BCUT2D eigenvalue weighted by Gasteiger charge is 2.27. The van der Waals surface area contributed by atoms with Gasteiger partial charge in [0.15, 0.2) is 0 Å². The molecule has 0 bridgehead atoms. The van der Waals surface area contributed by atoms with Crippen molar-refractivity contribution >= 4 is 0 Å². The van der Waals surface area contributed by atoms with E-state index in [9.17, 15) is 0 Å². The quantitative estimate of drug-likeness (QED) is 0.672. The molecule has 1 rings (SSSR count). The molecule has 1 fully saturated rings. The maximum Gasteiger partial charge on any atom is 0.0962 e. The first-order chi connectivity index (χ1) is 6.15. The standard InChI is InChI=1S/C10H21NO2/c1-7(2)10(11)9(6-12)13-8-4-3-5-8/h7-10,12H,3-6,11H2,1-2H3. The van der Waals surface area contributed by atoms with Crippen LogP contribution in [0.5, 0.6) is 0 Å². The Morgan fingerprint density at radius 3 is 2.38 bits per heavy atom. The van der Waals surface area contributed by atoms with E-state index in [1.54, 1.807) is 0 Å². The van der Waals surface area contributed by atoms with Crippen molar-refractivity contribution in [3.05, 3.63) is 0 Å². The molecule has 1 saturated carbocycles. The topological polar surface area (TPSA) is 55.5 Å². The van der Waals surface area contributed by atoms with Crippen LogP contribution in [0.1, 0.15) is 33.1 Å². The van der Waals surface area contributed by atoms with Crippen LogP contribution < -0.4 is 5.73 Å². The van der Waals surface area contributed by atoms with Gasteiger partial charge < -0.3 is 15.6 Å². The lowest BCUT2D eigenvalue weighted by molar-refractivity contribution is -0.0861. The zero-order valence-corrected chi connectivity index (χ0v) is 8.57. The molecular formula is C10H21NO2. The van der Waals surface area contributed by atoms with Gasteiger partial charge in [-0.1, -0.05) is 13.8 Å². The SMILES string of the molecule is CC(C)C(N)C(CO)OC1CCC1. The Hall–Kier alpha value is -0.120. The second-order valence-electron chi connectivity index (χ2n) is 4.23. The Kier molecular flexibility index (Phi) is 4.16. The van der Waals surface area contributed by atoms with Crippen LogP contribution in [0.2, 0.25) is 0 Å². The van der Waals surface area contributed by atoms with Crippen LogP contribution >= 0.6 is 0 Å². The van der Waals surface area contributed by atoms with E-state index in [-0.39, 0.29) is 18.8 Å². The van der Waals surface area contributed by atoms with Crippen LogP contribution in [0.15, 0.2) is 0 Å². The Morgan fingerprint density at radius 1 is 1.46 bits per heavy atom. The summed E-state index contributed by atoms with van der Waals surface area (Å²) in [5.74, 6) is 0.359. The van der Waals surface area contributed by atoms with Crippen LogP contribution in [-0.4, -0.2) is 30.0 Å². The highest BCUT2D eigenvalue weighted by Crippen LogP contribution is 2.24. The number of ether oxygens (including phenoxy) is 1. The summed E-state index contributed by atoms with van der Waals surface area (Å²) >= 11 is 0. The summed E-state index contributed by atoms with van der Waals surface area (Å²) in [6.45, 7) is 4.14. The highest BCUT2D eigenvalue weighted by molar-refractivity contribution is 4.79. The summed E-state index contributed by atoms with van der Waals surface area (Å²) in [4.78, 5) is 0. The number of hydrogen-bond donors (Lipinski definition) is 2. The second-order valence-corrected chi connectivity index (χ2v) is 4.23. The summed E-state index contributed by atoms with van der Waals surface area (Å²) in [6.07, 6.45) is 3.68. The molecule has 0 amide bonds. The Labute approximate surface area is 80.3 Å². The first-order valence-corrected chi connectivity index (χ1v) is 5.17. The fraction of sp³-hybridized carbons (Fsp3) is 1.00. The van der Waals surface area contributed by atoms with Crippen molar-refractivity contribution in [2.45, 2.75) is 51.4 Å². The maximum atomic E-state index is 9.11. The summed E-state index contributed by atoms with van der Waals surface area (Å²) in [7, 11) is 0. The number of aliphatic hydroxyl groups is 1. The number of rotatable bonds is 5. The molecule has 78 valence electrons. The minimum absolute atomic E-state index is 0.0375. The molecule has 1 aliphatic carbocycles. The highest BCUT2D eigenvalue weighted by atomic mass is 16.5. The van der Waals surface area contributed by atoms with Gasteiger partial charge in [-0.2, -0.15) is 0 Å². The average Bonchev–Trinajstić information content (AvgIpc) is 2.02. The fourth-order valence-electron chi connectivity index (χ4n) is 1.44. The molecular weight excluding hydrogens is 166 g/mol. The van der Waals surface area contributed by atoms with Gasteiger partial charge >= 0.3 is 0 Å². The summed E-state index contributed by atoms with van der Waals surface area (Å²) in [6, 6.07) is -0.0504. The van der Waals surface area contributed by atoms with Gasteiger partial charge in [-0.05, 0) is 25.2 Å². The molecule has 13 heavy (non-hydrogen) atoms.